The van der Waals surface area contributed by atoms with Gasteiger partial charge in [-0.05, 0) is 54.3 Å². The number of benzene rings is 3. The minimum atomic E-state index is -3.44. The van der Waals surface area contributed by atoms with Gasteiger partial charge in [0, 0.05) is 5.56 Å². The first-order valence-electron chi connectivity index (χ1n) is 10.3. The molecule has 0 heterocycles. The number of amides is 1. The van der Waals surface area contributed by atoms with E-state index in [1.54, 1.807) is 48.5 Å². The number of rotatable bonds is 8. The lowest BCUT2D eigenvalue weighted by Gasteiger charge is -2.22. The summed E-state index contributed by atoms with van der Waals surface area (Å²) in [4.78, 5) is 12.6. The largest absolute Gasteiger partial charge is 0.346 e. The molecular formula is C25H28N2O3S. The van der Waals surface area contributed by atoms with Gasteiger partial charge in [0.25, 0.3) is 5.91 Å². The lowest BCUT2D eigenvalue weighted by molar-refractivity contribution is 0.0940. The maximum Gasteiger partial charge on any atom is 0.251 e. The molecule has 0 saturated heterocycles. The summed E-state index contributed by atoms with van der Waals surface area (Å²) >= 11 is 0. The van der Waals surface area contributed by atoms with Crippen molar-refractivity contribution in [3.05, 3.63) is 101 Å². The SMILES string of the molecule is CCc1ccc([C@@H](C)NC(=O)c2ccc(CN(c3ccccc3)S(C)(=O)=O)cc2)cc1. The van der Waals surface area contributed by atoms with Crippen LogP contribution in [-0.4, -0.2) is 20.6 Å². The Kier molecular flexibility index (Phi) is 7.13. The summed E-state index contributed by atoms with van der Waals surface area (Å²) in [6.45, 7) is 4.26. The molecule has 3 rings (SSSR count). The number of nitrogens with one attached hydrogen (secondary N) is 1. The summed E-state index contributed by atoms with van der Waals surface area (Å²) in [5.41, 5.74) is 4.25. The highest BCUT2D eigenvalue weighted by Gasteiger charge is 2.18. The van der Waals surface area contributed by atoms with Crippen LogP contribution in [-0.2, 0) is 23.0 Å². The number of anilines is 1. The van der Waals surface area contributed by atoms with Gasteiger partial charge >= 0.3 is 0 Å². The maximum atomic E-state index is 12.6. The minimum absolute atomic E-state index is 0.114. The van der Waals surface area contributed by atoms with Crippen molar-refractivity contribution in [1.82, 2.24) is 5.32 Å². The molecule has 5 nitrogen and oxygen atoms in total. The average Bonchev–Trinajstić information content (AvgIpc) is 2.77. The van der Waals surface area contributed by atoms with Crippen molar-refractivity contribution < 1.29 is 13.2 Å². The van der Waals surface area contributed by atoms with E-state index in [1.165, 1.54) is 16.1 Å². The van der Waals surface area contributed by atoms with Gasteiger partial charge in [-0.2, -0.15) is 0 Å². The van der Waals surface area contributed by atoms with Crippen LogP contribution in [0.3, 0.4) is 0 Å². The molecule has 0 aromatic heterocycles. The van der Waals surface area contributed by atoms with Crippen LogP contribution < -0.4 is 9.62 Å². The van der Waals surface area contributed by atoms with E-state index in [4.69, 9.17) is 0 Å². The second-order valence-electron chi connectivity index (χ2n) is 7.59. The van der Waals surface area contributed by atoms with Crippen LogP contribution in [0.25, 0.3) is 0 Å². The molecule has 3 aromatic carbocycles. The molecule has 3 aromatic rings. The second-order valence-corrected chi connectivity index (χ2v) is 9.50. The van der Waals surface area contributed by atoms with Crippen LogP contribution in [0.15, 0.2) is 78.9 Å². The van der Waals surface area contributed by atoms with Crippen LogP contribution in [0, 0.1) is 0 Å². The molecular weight excluding hydrogens is 408 g/mol. The highest BCUT2D eigenvalue weighted by molar-refractivity contribution is 7.92. The fraction of sp³-hybridized carbons (Fsp3) is 0.240. The smallest absolute Gasteiger partial charge is 0.251 e. The highest BCUT2D eigenvalue weighted by atomic mass is 32.2. The maximum absolute atomic E-state index is 12.6. The Labute approximate surface area is 184 Å². The van der Waals surface area contributed by atoms with Gasteiger partial charge in [0.1, 0.15) is 0 Å². The van der Waals surface area contributed by atoms with Gasteiger partial charge in [0.15, 0.2) is 0 Å². The topological polar surface area (TPSA) is 66.5 Å². The van der Waals surface area contributed by atoms with Crippen molar-refractivity contribution >= 4 is 21.6 Å². The zero-order valence-electron chi connectivity index (χ0n) is 18.1. The summed E-state index contributed by atoms with van der Waals surface area (Å²) in [7, 11) is -3.44. The number of para-hydroxylation sites is 1. The van der Waals surface area contributed by atoms with E-state index in [2.05, 4.69) is 24.4 Å². The van der Waals surface area contributed by atoms with Crippen molar-refractivity contribution in [3.63, 3.8) is 0 Å². The lowest BCUT2D eigenvalue weighted by atomic mass is 10.0. The van der Waals surface area contributed by atoms with E-state index < -0.39 is 10.0 Å². The summed E-state index contributed by atoms with van der Waals surface area (Å²) in [5.74, 6) is -0.165. The third-order valence-corrected chi connectivity index (χ3v) is 6.36. The summed E-state index contributed by atoms with van der Waals surface area (Å²) in [6, 6.07) is 24.1. The Morgan fingerprint density at radius 3 is 2.03 bits per heavy atom. The predicted octanol–water partition coefficient (Wildman–Crippen LogP) is 4.71. The van der Waals surface area contributed by atoms with E-state index in [1.807, 2.05) is 25.1 Å². The van der Waals surface area contributed by atoms with Crippen LogP contribution in [0.2, 0.25) is 0 Å². The first kappa shape index (κ1) is 22.6. The van der Waals surface area contributed by atoms with Crippen LogP contribution in [0.5, 0.6) is 0 Å². The number of carbonyl (C=O) groups excluding carboxylic acids is 1. The highest BCUT2D eigenvalue weighted by Crippen LogP contribution is 2.21. The zero-order chi connectivity index (χ0) is 22.4. The van der Waals surface area contributed by atoms with Gasteiger partial charge in [-0.1, -0.05) is 61.5 Å². The molecule has 0 spiro atoms. The fourth-order valence-corrected chi connectivity index (χ4v) is 4.22. The molecule has 162 valence electrons. The third-order valence-electron chi connectivity index (χ3n) is 5.22. The molecule has 0 aliphatic heterocycles. The molecule has 0 aliphatic carbocycles. The van der Waals surface area contributed by atoms with Crippen molar-refractivity contribution in [2.24, 2.45) is 0 Å². The number of aryl methyl sites for hydroxylation is 1. The lowest BCUT2D eigenvalue weighted by Crippen LogP contribution is -2.29. The van der Waals surface area contributed by atoms with E-state index >= 15 is 0 Å². The Hall–Kier alpha value is -3.12. The summed E-state index contributed by atoms with van der Waals surface area (Å²) in [6.07, 6.45) is 2.17. The summed E-state index contributed by atoms with van der Waals surface area (Å²) < 4.78 is 25.9. The molecule has 0 saturated carbocycles. The van der Waals surface area contributed by atoms with Crippen LogP contribution in [0.1, 0.15) is 46.9 Å². The monoisotopic (exact) mass is 436 g/mol. The number of carbonyl (C=O) groups is 1. The molecule has 1 amide bonds. The molecule has 1 atom stereocenters. The Morgan fingerprint density at radius 1 is 0.903 bits per heavy atom. The second kappa shape index (κ2) is 9.79. The minimum Gasteiger partial charge on any atom is -0.346 e. The van der Waals surface area contributed by atoms with Gasteiger partial charge in [0.05, 0.1) is 24.5 Å². The van der Waals surface area contributed by atoms with Crippen molar-refractivity contribution in [3.8, 4) is 0 Å². The normalized spacial score (nSPS) is 12.2. The van der Waals surface area contributed by atoms with Crippen molar-refractivity contribution in [1.29, 1.82) is 0 Å². The average molecular weight is 437 g/mol. The van der Waals surface area contributed by atoms with Gasteiger partial charge in [-0.25, -0.2) is 8.42 Å². The predicted molar refractivity (Wildman–Crippen MR) is 126 cm³/mol. The number of hydrogen-bond donors (Lipinski definition) is 1. The van der Waals surface area contributed by atoms with E-state index in [9.17, 15) is 13.2 Å². The quantitative estimate of drug-likeness (QED) is 0.556. The Balaban J connectivity index is 1.69. The van der Waals surface area contributed by atoms with E-state index in [0.717, 1.165) is 17.5 Å². The summed E-state index contributed by atoms with van der Waals surface area (Å²) in [5, 5.41) is 3.02. The van der Waals surface area contributed by atoms with Gasteiger partial charge in [-0.3, -0.25) is 9.10 Å². The molecule has 0 bridgehead atoms. The number of hydrogen-bond acceptors (Lipinski definition) is 3. The molecule has 6 heteroatoms. The van der Waals surface area contributed by atoms with E-state index in [-0.39, 0.29) is 18.5 Å². The zero-order valence-corrected chi connectivity index (χ0v) is 18.9. The molecule has 0 fully saturated rings. The van der Waals surface area contributed by atoms with E-state index in [0.29, 0.717) is 11.3 Å². The number of sulfonamides is 1. The van der Waals surface area contributed by atoms with Gasteiger partial charge in [-0.15, -0.1) is 0 Å². The molecule has 0 unspecified atom stereocenters. The Morgan fingerprint density at radius 2 is 1.48 bits per heavy atom. The van der Waals surface area contributed by atoms with Crippen LogP contribution >= 0.6 is 0 Å². The fourth-order valence-electron chi connectivity index (χ4n) is 3.33. The molecule has 1 N–H and O–H groups in total. The number of nitrogens with zero attached hydrogens (tertiary/aromatic N) is 1. The third kappa shape index (κ3) is 5.95. The molecule has 0 radical (unpaired) electrons. The van der Waals surface area contributed by atoms with Crippen molar-refractivity contribution in [2.75, 3.05) is 10.6 Å². The van der Waals surface area contributed by atoms with Crippen LogP contribution in [0.4, 0.5) is 5.69 Å². The first-order chi connectivity index (χ1) is 14.8. The molecule has 31 heavy (non-hydrogen) atoms. The van der Waals surface area contributed by atoms with Crippen molar-refractivity contribution in [2.45, 2.75) is 32.9 Å². The Bertz CT molecular complexity index is 1110. The van der Waals surface area contributed by atoms with Gasteiger partial charge in [0.2, 0.25) is 10.0 Å². The first-order valence-corrected chi connectivity index (χ1v) is 12.1. The standard InChI is InChI=1S/C25H28N2O3S/c1-4-20-10-14-22(15-11-20)19(2)26-25(28)23-16-12-21(13-17-23)18-27(31(3,29)30)24-8-6-5-7-9-24/h5-17,19H,4,18H2,1-3H3,(H,26,28)/t19-/m1/s1. The van der Waals surface area contributed by atoms with Gasteiger partial charge < -0.3 is 5.32 Å². The molecule has 0 aliphatic rings.